The molecule has 2 aromatic heterocycles. The summed E-state index contributed by atoms with van der Waals surface area (Å²) in [5.41, 5.74) is 6.73. The third-order valence-electron chi connectivity index (χ3n) is 5.31. The average molecular weight is 514 g/mol. The third kappa shape index (κ3) is 9.20. The molecule has 0 saturated carbocycles. The van der Waals surface area contributed by atoms with Gasteiger partial charge in [-0.3, -0.25) is 9.98 Å². The minimum absolute atomic E-state index is 0. The second kappa shape index (κ2) is 12.5. The first-order chi connectivity index (χ1) is 16.1. The van der Waals surface area contributed by atoms with E-state index in [0.717, 1.165) is 22.8 Å². The molecule has 0 spiro atoms. The van der Waals surface area contributed by atoms with Crippen molar-refractivity contribution in [1.29, 1.82) is 0 Å². The number of hydrogen-bond donors (Lipinski definition) is 0. The van der Waals surface area contributed by atoms with Crippen LogP contribution in [0, 0.1) is 0 Å². The summed E-state index contributed by atoms with van der Waals surface area (Å²) >= 11 is 0. The fourth-order valence-electron chi connectivity index (χ4n) is 3.16. The van der Waals surface area contributed by atoms with E-state index in [4.69, 9.17) is 0 Å². The Kier molecular flexibility index (Phi) is 10.1. The molecule has 0 saturated heterocycles. The van der Waals surface area contributed by atoms with E-state index >= 15 is 0 Å². The van der Waals surface area contributed by atoms with Gasteiger partial charge in [-0.05, 0) is 46.2 Å². The normalized spacial score (nSPS) is 11.8. The summed E-state index contributed by atoms with van der Waals surface area (Å²) < 4.78 is 0. The predicted octanol–water partition coefficient (Wildman–Crippen LogP) is 7.38. The molecule has 0 fully saturated rings. The zero-order valence-corrected chi connectivity index (χ0v) is 22.3. The Labute approximate surface area is 220 Å². The minimum atomic E-state index is 0. The van der Waals surface area contributed by atoms with E-state index in [2.05, 4.69) is 85.8 Å². The summed E-state index contributed by atoms with van der Waals surface area (Å²) in [5, 5.41) is 0. The molecule has 2 heterocycles. The van der Waals surface area contributed by atoms with E-state index in [9.17, 15) is 0 Å². The first-order valence-electron chi connectivity index (χ1n) is 11.6. The SMILES string of the molecule is CC(C)(C)c1ccc(N=Cc2ccc[n-]2)cc1.CC(C)(C)c1ccc(N=Cc2ccc[n-]2)cc1.[Cu+2]. The van der Waals surface area contributed by atoms with E-state index in [1.807, 2.05) is 48.5 Å². The number of hydrogen-bond acceptors (Lipinski definition) is 2. The number of aliphatic imine (C=N–C) groups is 2. The Morgan fingerprint density at radius 2 is 0.886 bits per heavy atom. The monoisotopic (exact) mass is 513 g/mol. The first-order valence-corrected chi connectivity index (χ1v) is 11.6. The smallest absolute Gasteiger partial charge is 0.663 e. The minimum Gasteiger partial charge on any atom is -0.663 e. The van der Waals surface area contributed by atoms with Gasteiger partial charge >= 0.3 is 17.1 Å². The molecule has 2 aromatic carbocycles. The molecule has 4 aromatic rings. The van der Waals surface area contributed by atoms with E-state index in [-0.39, 0.29) is 27.9 Å². The maximum Gasteiger partial charge on any atom is 2.00 e. The molecule has 1 radical (unpaired) electrons. The van der Waals surface area contributed by atoms with Gasteiger partial charge in [0.2, 0.25) is 0 Å². The molecule has 0 unspecified atom stereocenters. The van der Waals surface area contributed by atoms with Crippen molar-refractivity contribution in [1.82, 2.24) is 9.97 Å². The number of rotatable bonds is 4. The maximum atomic E-state index is 4.38. The molecular formula is C30H34CuN4. The third-order valence-corrected chi connectivity index (χ3v) is 5.31. The second-order valence-corrected chi connectivity index (χ2v) is 10.2. The van der Waals surface area contributed by atoms with Gasteiger partial charge in [-0.15, -0.1) is 11.4 Å². The van der Waals surface area contributed by atoms with Crippen LogP contribution in [0.3, 0.4) is 0 Å². The molecule has 0 aliphatic carbocycles. The predicted molar refractivity (Wildman–Crippen MR) is 144 cm³/mol. The molecule has 0 aliphatic rings. The van der Waals surface area contributed by atoms with Gasteiger partial charge in [-0.1, -0.05) is 90.1 Å². The fourth-order valence-corrected chi connectivity index (χ4v) is 3.16. The largest absolute Gasteiger partial charge is 2.00 e. The van der Waals surface area contributed by atoms with Gasteiger partial charge in [0, 0.05) is 12.4 Å². The molecule has 0 atom stereocenters. The van der Waals surface area contributed by atoms with Crippen LogP contribution >= 0.6 is 0 Å². The Hall–Kier alpha value is -3.14. The van der Waals surface area contributed by atoms with Crippen LogP contribution in [-0.2, 0) is 27.9 Å². The molecule has 185 valence electrons. The molecule has 5 heteroatoms. The summed E-state index contributed by atoms with van der Waals surface area (Å²) in [6, 6.07) is 24.4. The van der Waals surface area contributed by atoms with Crippen LogP contribution in [0.15, 0.2) is 95.2 Å². The standard InChI is InChI=1S/2C15H17N2.Cu/c2*1-15(2,3)12-6-8-13(9-7-12)17-11-14-5-4-10-16-14;/h2*4-11H,1-3H3;/q2*-1;+2. The number of nitrogens with zero attached hydrogens (tertiary/aromatic N) is 4. The zero-order chi connectivity index (χ0) is 24.6. The van der Waals surface area contributed by atoms with Crippen LogP contribution in [0.25, 0.3) is 0 Å². The summed E-state index contributed by atoms with van der Waals surface area (Å²) in [6.45, 7) is 13.2. The van der Waals surface area contributed by atoms with Gasteiger partial charge in [0.05, 0.1) is 11.4 Å². The van der Waals surface area contributed by atoms with Crippen LogP contribution < -0.4 is 9.97 Å². The summed E-state index contributed by atoms with van der Waals surface area (Å²) in [6.07, 6.45) is 7.10. The molecule has 4 nitrogen and oxygen atoms in total. The van der Waals surface area contributed by atoms with Crippen LogP contribution in [0.2, 0.25) is 0 Å². The quantitative estimate of drug-likeness (QED) is 0.211. The van der Waals surface area contributed by atoms with Crippen molar-refractivity contribution in [2.45, 2.75) is 52.4 Å². The molecule has 0 N–H and O–H groups in total. The zero-order valence-electron chi connectivity index (χ0n) is 21.3. The van der Waals surface area contributed by atoms with Crippen molar-refractivity contribution in [3.63, 3.8) is 0 Å². The maximum absolute atomic E-state index is 4.38. The fraction of sp³-hybridized carbons (Fsp3) is 0.267. The van der Waals surface area contributed by atoms with E-state index in [1.165, 1.54) is 11.1 Å². The molecular weight excluding hydrogens is 480 g/mol. The molecule has 0 bridgehead atoms. The Morgan fingerprint density at radius 1 is 0.543 bits per heavy atom. The summed E-state index contributed by atoms with van der Waals surface area (Å²) in [7, 11) is 0. The molecule has 4 rings (SSSR count). The van der Waals surface area contributed by atoms with Crippen molar-refractivity contribution in [2.24, 2.45) is 9.98 Å². The van der Waals surface area contributed by atoms with Gasteiger partial charge in [0.25, 0.3) is 0 Å². The van der Waals surface area contributed by atoms with Crippen molar-refractivity contribution in [3.05, 3.63) is 108 Å². The molecule has 35 heavy (non-hydrogen) atoms. The van der Waals surface area contributed by atoms with Gasteiger partial charge < -0.3 is 9.97 Å². The van der Waals surface area contributed by atoms with Gasteiger partial charge in [-0.25, -0.2) is 0 Å². The van der Waals surface area contributed by atoms with Crippen molar-refractivity contribution in [3.8, 4) is 0 Å². The van der Waals surface area contributed by atoms with Crippen molar-refractivity contribution < 1.29 is 17.1 Å². The van der Waals surface area contributed by atoms with E-state index < -0.39 is 0 Å². The Morgan fingerprint density at radius 3 is 1.14 bits per heavy atom. The Balaban J connectivity index is 0.000000240. The van der Waals surface area contributed by atoms with Crippen molar-refractivity contribution in [2.75, 3.05) is 0 Å². The first kappa shape index (κ1) is 28.1. The van der Waals surface area contributed by atoms with Crippen LogP contribution in [0.5, 0.6) is 0 Å². The van der Waals surface area contributed by atoms with Gasteiger partial charge in [0.15, 0.2) is 0 Å². The summed E-state index contributed by atoms with van der Waals surface area (Å²) in [4.78, 5) is 17.0. The second-order valence-electron chi connectivity index (χ2n) is 10.2. The topological polar surface area (TPSA) is 52.9 Å². The van der Waals surface area contributed by atoms with Gasteiger partial charge in [-0.2, -0.15) is 12.4 Å². The van der Waals surface area contributed by atoms with Crippen LogP contribution in [0.1, 0.15) is 64.1 Å². The van der Waals surface area contributed by atoms with Crippen LogP contribution in [-0.4, -0.2) is 12.4 Å². The molecule has 0 aliphatic heterocycles. The summed E-state index contributed by atoms with van der Waals surface area (Å²) in [5.74, 6) is 0. The number of aromatic nitrogens is 2. The Bertz CT molecular complexity index is 1070. The molecule has 0 amide bonds. The van der Waals surface area contributed by atoms with Crippen molar-refractivity contribution >= 4 is 23.8 Å². The van der Waals surface area contributed by atoms with Crippen LogP contribution in [0.4, 0.5) is 11.4 Å². The van der Waals surface area contributed by atoms with E-state index in [0.29, 0.717) is 0 Å². The average Bonchev–Trinajstić information content (AvgIpc) is 3.50. The van der Waals surface area contributed by atoms with Gasteiger partial charge in [0.1, 0.15) is 0 Å². The number of benzene rings is 2. The van der Waals surface area contributed by atoms with E-state index in [1.54, 1.807) is 24.8 Å².